The molecule has 9 heteroatoms. The Morgan fingerprint density at radius 3 is 2.68 bits per heavy atom. The van der Waals surface area contributed by atoms with E-state index >= 15 is 0 Å². The second-order valence-electron chi connectivity index (χ2n) is 9.48. The lowest BCUT2D eigenvalue weighted by Gasteiger charge is -2.29. The molecule has 2 unspecified atom stereocenters. The number of rotatable bonds is 4. The van der Waals surface area contributed by atoms with Crippen LogP contribution in [0, 0.1) is 5.92 Å². The molecule has 2 aliphatic heterocycles. The highest BCUT2D eigenvalue weighted by atomic mass is 32.1. The Morgan fingerprint density at radius 2 is 1.94 bits per heavy atom. The quantitative estimate of drug-likeness (QED) is 0.620. The molecule has 0 bridgehead atoms. The smallest absolute Gasteiger partial charge is 0.323 e. The Kier molecular flexibility index (Phi) is 5.41. The maximum absolute atomic E-state index is 13.6. The highest BCUT2D eigenvalue weighted by Crippen LogP contribution is 2.46. The number of nitrogens with zero attached hydrogens (tertiary/aromatic N) is 3. The van der Waals surface area contributed by atoms with Crippen LogP contribution in [0.3, 0.4) is 0 Å². The summed E-state index contributed by atoms with van der Waals surface area (Å²) in [7, 11) is 0. The van der Waals surface area contributed by atoms with Crippen LogP contribution in [-0.2, 0) is 9.59 Å². The summed E-state index contributed by atoms with van der Waals surface area (Å²) in [6.07, 6.45) is 8.23. The molecule has 176 valence electrons. The predicted molar refractivity (Wildman–Crippen MR) is 132 cm³/mol. The second-order valence-corrected chi connectivity index (χ2v) is 11.4. The average Bonchev–Trinajstić information content (AvgIpc) is 3.64. The third-order valence-electron chi connectivity index (χ3n) is 7.45. The fraction of sp³-hybridized carbons (Fsp3) is 0.440. The Hall–Kier alpha value is -2.78. The zero-order valence-electron chi connectivity index (χ0n) is 18.7. The van der Waals surface area contributed by atoms with Crippen molar-refractivity contribution in [2.75, 3.05) is 6.54 Å². The molecule has 2 atom stereocenters. The van der Waals surface area contributed by atoms with Crippen molar-refractivity contribution in [3.63, 3.8) is 0 Å². The maximum Gasteiger partial charge on any atom is 0.325 e. The molecule has 2 aromatic rings. The zero-order valence-corrected chi connectivity index (χ0v) is 20.4. The number of nitrogens with one attached hydrogen (secondary N) is 1. The van der Waals surface area contributed by atoms with Gasteiger partial charge in [-0.25, -0.2) is 9.80 Å². The lowest BCUT2D eigenvalue weighted by atomic mass is 9.79. The van der Waals surface area contributed by atoms with Crippen molar-refractivity contribution in [3.8, 4) is 0 Å². The number of carbonyl (C=O) groups is 3. The van der Waals surface area contributed by atoms with Crippen molar-refractivity contribution in [2.45, 2.75) is 56.5 Å². The summed E-state index contributed by atoms with van der Waals surface area (Å²) < 4.78 is 0. The molecule has 0 aromatic carbocycles. The summed E-state index contributed by atoms with van der Waals surface area (Å²) in [6, 6.07) is 7.51. The van der Waals surface area contributed by atoms with Gasteiger partial charge in [0.05, 0.1) is 11.8 Å². The molecule has 1 spiro atoms. The first-order valence-corrected chi connectivity index (χ1v) is 13.6. The minimum absolute atomic E-state index is 0.117. The van der Waals surface area contributed by atoms with Gasteiger partial charge in [0.25, 0.3) is 11.8 Å². The maximum atomic E-state index is 13.6. The predicted octanol–water partition coefficient (Wildman–Crippen LogP) is 4.80. The van der Waals surface area contributed by atoms with Gasteiger partial charge in [-0.1, -0.05) is 25.0 Å². The van der Waals surface area contributed by atoms with Crippen LogP contribution >= 0.6 is 22.7 Å². The number of imide groups is 1. The van der Waals surface area contributed by atoms with Gasteiger partial charge in [0.1, 0.15) is 12.1 Å². The number of amides is 4. The van der Waals surface area contributed by atoms with Gasteiger partial charge in [0.2, 0.25) is 0 Å². The minimum Gasteiger partial charge on any atom is -0.323 e. The van der Waals surface area contributed by atoms with Crippen LogP contribution in [0.15, 0.2) is 45.7 Å². The summed E-state index contributed by atoms with van der Waals surface area (Å²) >= 11 is 3.31. The van der Waals surface area contributed by atoms with Gasteiger partial charge in [-0.15, -0.1) is 22.7 Å². The monoisotopic (exact) mass is 494 g/mol. The van der Waals surface area contributed by atoms with Crippen LogP contribution in [0.1, 0.15) is 60.7 Å². The van der Waals surface area contributed by atoms with Crippen molar-refractivity contribution in [1.29, 1.82) is 0 Å². The normalized spacial score (nSPS) is 26.9. The van der Waals surface area contributed by atoms with Crippen LogP contribution in [0.25, 0.3) is 6.08 Å². The fourth-order valence-corrected chi connectivity index (χ4v) is 7.39. The minimum atomic E-state index is -0.813. The molecule has 7 nitrogen and oxygen atoms in total. The van der Waals surface area contributed by atoms with Gasteiger partial charge >= 0.3 is 6.03 Å². The van der Waals surface area contributed by atoms with Crippen molar-refractivity contribution in [2.24, 2.45) is 11.0 Å². The van der Waals surface area contributed by atoms with Gasteiger partial charge in [0.15, 0.2) is 0 Å². The molecule has 4 amide bonds. The van der Waals surface area contributed by atoms with Crippen LogP contribution in [-0.4, -0.2) is 45.5 Å². The van der Waals surface area contributed by atoms with Crippen molar-refractivity contribution < 1.29 is 14.4 Å². The zero-order chi connectivity index (χ0) is 23.3. The molecule has 4 heterocycles. The molecule has 4 aliphatic rings. The number of fused-ring (bicyclic) bond motifs is 1. The van der Waals surface area contributed by atoms with Gasteiger partial charge < -0.3 is 5.32 Å². The van der Waals surface area contributed by atoms with Gasteiger partial charge in [-0.3, -0.25) is 14.5 Å². The number of thiophene rings is 2. The van der Waals surface area contributed by atoms with Gasteiger partial charge in [-0.2, -0.15) is 5.10 Å². The van der Waals surface area contributed by atoms with E-state index in [9.17, 15) is 14.4 Å². The van der Waals surface area contributed by atoms with Gasteiger partial charge in [-0.05, 0) is 66.6 Å². The van der Waals surface area contributed by atoms with E-state index in [1.54, 1.807) is 27.7 Å². The van der Waals surface area contributed by atoms with Crippen molar-refractivity contribution in [1.82, 2.24) is 15.2 Å². The summed E-state index contributed by atoms with van der Waals surface area (Å²) in [5.41, 5.74) is 1.33. The summed E-state index contributed by atoms with van der Waals surface area (Å²) in [6.45, 7) is -0.276. The summed E-state index contributed by atoms with van der Waals surface area (Å²) in [4.78, 5) is 42.7. The third-order valence-corrected chi connectivity index (χ3v) is 9.21. The first-order chi connectivity index (χ1) is 16.6. The molecule has 6 rings (SSSR count). The Bertz CT molecular complexity index is 1180. The van der Waals surface area contributed by atoms with E-state index in [-0.39, 0.29) is 30.3 Å². The number of hydrogen-bond acceptors (Lipinski definition) is 6. The molecule has 3 fully saturated rings. The molecule has 2 saturated carbocycles. The van der Waals surface area contributed by atoms with Crippen LogP contribution in [0.4, 0.5) is 4.79 Å². The van der Waals surface area contributed by atoms with E-state index < -0.39 is 11.6 Å². The molecule has 2 aromatic heterocycles. The lowest BCUT2D eigenvalue weighted by molar-refractivity contribution is -0.140. The topological polar surface area (TPSA) is 82.1 Å². The average molecular weight is 495 g/mol. The largest absolute Gasteiger partial charge is 0.325 e. The van der Waals surface area contributed by atoms with E-state index in [0.29, 0.717) is 12.8 Å². The van der Waals surface area contributed by atoms with Crippen LogP contribution < -0.4 is 5.32 Å². The first-order valence-electron chi connectivity index (χ1n) is 11.9. The van der Waals surface area contributed by atoms with Crippen molar-refractivity contribution in [3.05, 3.63) is 50.4 Å². The second kappa shape index (κ2) is 8.46. The number of urea groups is 1. The van der Waals surface area contributed by atoms with Crippen molar-refractivity contribution >= 4 is 52.3 Å². The SMILES string of the molecule is O=C1NC2(CCCC2)C(=O)N1CC(=O)N1N=C2C(=Cc3cccs3)CCCC2C1c1cccs1. The number of hydrazone groups is 1. The summed E-state index contributed by atoms with van der Waals surface area (Å²) in [5.74, 6) is -0.459. The van der Waals surface area contributed by atoms with Gasteiger partial charge in [0, 0.05) is 15.7 Å². The standard InChI is InChI=1S/C25H26N4O3S2/c30-20(15-28-23(31)25(26-24(28)32)10-1-2-11-25)29-22(19-9-5-13-34-19)18-8-3-6-16(21(18)27-29)14-17-7-4-12-33-17/h4-5,7,9,12-14,18,22H,1-3,6,8,10-11,15H2,(H,26,32). The first kappa shape index (κ1) is 21.7. The number of hydrogen-bond donors (Lipinski definition) is 1. The van der Waals surface area contributed by atoms with E-state index in [0.717, 1.165) is 47.6 Å². The molecular weight excluding hydrogens is 468 g/mol. The molecule has 34 heavy (non-hydrogen) atoms. The van der Waals surface area contributed by atoms with E-state index in [1.165, 1.54) is 10.5 Å². The van der Waals surface area contributed by atoms with E-state index in [4.69, 9.17) is 5.10 Å². The molecule has 2 aliphatic carbocycles. The Morgan fingerprint density at radius 1 is 1.15 bits per heavy atom. The number of carbonyl (C=O) groups excluding carboxylic acids is 3. The Balaban J connectivity index is 1.31. The van der Waals surface area contributed by atoms with E-state index in [2.05, 4.69) is 22.8 Å². The fourth-order valence-electron chi connectivity index (χ4n) is 5.84. The van der Waals surface area contributed by atoms with Crippen LogP contribution in [0.2, 0.25) is 0 Å². The Labute approximate surface area is 206 Å². The van der Waals surface area contributed by atoms with E-state index in [1.807, 2.05) is 23.6 Å². The third kappa shape index (κ3) is 3.53. The molecule has 0 radical (unpaired) electrons. The number of allylic oxidation sites excluding steroid dienone is 1. The highest BCUT2D eigenvalue weighted by Gasteiger charge is 2.53. The molecule has 1 N–H and O–H groups in total. The highest BCUT2D eigenvalue weighted by molar-refractivity contribution is 7.11. The molecular formula is C25H26N4O3S2. The van der Waals surface area contributed by atoms with Crippen LogP contribution in [0.5, 0.6) is 0 Å². The molecule has 1 saturated heterocycles. The lowest BCUT2D eigenvalue weighted by Crippen LogP contribution is -2.45. The summed E-state index contributed by atoms with van der Waals surface area (Å²) in [5, 5.41) is 13.4.